The third kappa shape index (κ3) is 2.95. The minimum Gasteiger partial charge on any atom is -0.399 e. The number of H-pyrrole nitrogens is 1. The van der Waals surface area contributed by atoms with Crippen LogP contribution in [-0.2, 0) is 14.8 Å². The lowest BCUT2D eigenvalue weighted by atomic mass is 10.1. The van der Waals surface area contributed by atoms with Crippen LogP contribution in [0.5, 0.6) is 0 Å². The average molecular weight is 297 g/mol. The van der Waals surface area contributed by atoms with Crippen LogP contribution in [0.15, 0.2) is 29.3 Å². The fourth-order valence-electron chi connectivity index (χ4n) is 2.15. The van der Waals surface area contributed by atoms with Gasteiger partial charge in [-0.1, -0.05) is 0 Å². The number of anilines is 1. The standard InChI is InChI=1S/C13H19N3O3S/c1-13(2,8-19-3)16-20(17,18)12-7-15-11-6-9(14)4-5-10(11)12/h4-7,15-16H,8,14H2,1-3H3. The largest absolute Gasteiger partial charge is 0.399 e. The van der Waals surface area contributed by atoms with Crippen molar-refractivity contribution in [3.8, 4) is 0 Å². The van der Waals surface area contributed by atoms with Crippen molar-refractivity contribution >= 4 is 26.6 Å². The highest BCUT2D eigenvalue weighted by atomic mass is 32.2. The van der Waals surface area contributed by atoms with Crippen molar-refractivity contribution in [3.63, 3.8) is 0 Å². The van der Waals surface area contributed by atoms with Crippen LogP contribution < -0.4 is 10.5 Å². The topological polar surface area (TPSA) is 97.2 Å². The molecule has 6 nitrogen and oxygen atoms in total. The second-order valence-corrected chi connectivity index (χ2v) is 7.03. The lowest BCUT2D eigenvalue weighted by Crippen LogP contribution is -2.46. The number of aromatic amines is 1. The Morgan fingerprint density at radius 2 is 2.10 bits per heavy atom. The van der Waals surface area contributed by atoms with E-state index in [9.17, 15) is 8.42 Å². The zero-order chi connectivity index (χ0) is 15.0. The summed E-state index contributed by atoms with van der Waals surface area (Å²) in [5.74, 6) is 0. The Morgan fingerprint density at radius 1 is 1.40 bits per heavy atom. The molecule has 0 fully saturated rings. The zero-order valence-electron chi connectivity index (χ0n) is 11.7. The van der Waals surface area contributed by atoms with Gasteiger partial charge in [-0.05, 0) is 32.0 Å². The maximum atomic E-state index is 12.5. The molecule has 2 rings (SSSR count). The van der Waals surface area contributed by atoms with Crippen molar-refractivity contribution in [2.75, 3.05) is 19.5 Å². The minimum absolute atomic E-state index is 0.205. The fraction of sp³-hybridized carbons (Fsp3) is 0.385. The van der Waals surface area contributed by atoms with Crippen LogP contribution in [0.25, 0.3) is 10.9 Å². The maximum absolute atomic E-state index is 12.5. The Balaban J connectivity index is 2.42. The molecule has 20 heavy (non-hydrogen) atoms. The molecule has 0 aliphatic carbocycles. The van der Waals surface area contributed by atoms with Crippen LogP contribution in [0.4, 0.5) is 5.69 Å². The molecule has 1 aromatic heterocycles. The Kier molecular flexibility index (Phi) is 3.77. The average Bonchev–Trinajstić information content (AvgIpc) is 2.70. The van der Waals surface area contributed by atoms with Gasteiger partial charge in [-0.15, -0.1) is 0 Å². The summed E-state index contributed by atoms with van der Waals surface area (Å²) in [5, 5.41) is 0.611. The van der Waals surface area contributed by atoms with Crippen LogP contribution in [0.1, 0.15) is 13.8 Å². The van der Waals surface area contributed by atoms with Crippen LogP contribution in [-0.4, -0.2) is 32.7 Å². The van der Waals surface area contributed by atoms with Crippen LogP contribution in [0.3, 0.4) is 0 Å². The number of nitrogen functional groups attached to an aromatic ring is 1. The normalized spacial score (nSPS) is 12.9. The second kappa shape index (κ2) is 5.08. The highest BCUT2D eigenvalue weighted by Crippen LogP contribution is 2.25. The molecule has 0 aliphatic rings. The maximum Gasteiger partial charge on any atom is 0.243 e. The molecule has 0 saturated heterocycles. The zero-order valence-corrected chi connectivity index (χ0v) is 12.5. The molecular formula is C13H19N3O3S. The van der Waals surface area contributed by atoms with Gasteiger partial charge >= 0.3 is 0 Å². The lowest BCUT2D eigenvalue weighted by Gasteiger charge is -2.24. The van der Waals surface area contributed by atoms with E-state index >= 15 is 0 Å². The van der Waals surface area contributed by atoms with Gasteiger partial charge in [0.2, 0.25) is 10.0 Å². The summed E-state index contributed by atoms with van der Waals surface area (Å²) in [4.78, 5) is 3.13. The van der Waals surface area contributed by atoms with E-state index < -0.39 is 15.6 Å². The van der Waals surface area contributed by atoms with E-state index in [1.807, 2.05) is 0 Å². The number of hydrogen-bond donors (Lipinski definition) is 3. The van der Waals surface area contributed by atoms with Crippen molar-refractivity contribution in [1.82, 2.24) is 9.71 Å². The molecule has 0 saturated carbocycles. The number of sulfonamides is 1. The number of rotatable bonds is 5. The molecule has 7 heteroatoms. The lowest BCUT2D eigenvalue weighted by molar-refractivity contribution is 0.141. The monoisotopic (exact) mass is 297 g/mol. The predicted octanol–water partition coefficient (Wildman–Crippen LogP) is 1.45. The van der Waals surface area contributed by atoms with Crippen molar-refractivity contribution in [1.29, 1.82) is 0 Å². The second-order valence-electron chi connectivity index (χ2n) is 5.38. The Hall–Kier alpha value is -1.57. The first-order chi connectivity index (χ1) is 9.25. The first-order valence-corrected chi connectivity index (χ1v) is 7.63. The van der Waals surface area contributed by atoms with Gasteiger partial charge in [0, 0.05) is 29.9 Å². The highest BCUT2D eigenvalue weighted by Gasteiger charge is 2.28. The first-order valence-electron chi connectivity index (χ1n) is 6.15. The quantitative estimate of drug-likeness (QED) is 0.728. The van der Waals surface area contributed by atoms with Gasteiger partial charge in [0.05, 0.1) is 12.1 Å². The number of hydrogen-bond acceptors (Lipinski definition) is 4. The van der Waals surface area contributed by atoms with Gasteiger partial charge in [-0.25, -0.2) is 13.1 Å². The molecule has 0 aliphatic heterocycles. The highest BCUT2D eigenvalue weighted by molar-refractivity contribution is 7.89. The summed E-state index contributed by atoms with van der Waals surface area (Å²) in [5.41, 5.74) is 6.26. The third-order valence-electron chi connectivity index (χ3n) is 2.87. The number of ether oxygens (including phenoxy) is 1. The summed E-state index contributed by atoms with van der Waals surface area (Å²) in [6.45, 7) is 3.81. The molecular weight excluding hydrogens is 278 g/mol. The molecule has 0 radical (unpaired) electrons. The van der Waals surface area contributed by atoms with Crippen LogP contribution >= 0.6 is 0 Å². The van der Waals surface area contributed by atoms with E-state index in [4.69, 9.17) is 10.5 Å². The number of aromatic nitrogens is 1. The van der Waals surface area contributed by atoms with Crippen molar-refractivity contribution in [2.24, 2.45) is 0 Å². The van der Waals surface area contributed by atoms with E-state index in [-0.39, 0.29) is 11.5 Å². The van der Waals surface area contributed by atoms with Gasteiger partial charge in [0.25, 0.3) is 0 Å². The van der Waals surface area contributed by atoms with Gasteiger partial charge in [-0.2, -0.15) is 0 Å². The molecule has 0 bridgehead atoms. The number of methoxy groups -OCH3 is 1. The van der Waals surface area contributed by atoms with E-state index in [0.29, 0.717) is 16.6 Å². The fourth-order valence-corrected chi connectivity index (χ4v) is 3.73. The predicted molar refractivity (Wildman–Crippen MR) is 79.0 cm³/mol. The molecule has 0 amide bonds. The van der Waals surface area contributed by atoms with E-state index in [2.05, 4.69) is 9.71 Å². The Labute approximate surface area is 118 Å². The molecule has 0 atom stereocenters. The minimum atomic E-state index is -3.64. The Morgan fingerprint density at radius 3 is 2.75 bits per heavy atom. The van der Waals surface area contributed by atoms with Gasteiger partial charge in [0.15, 0.2) is 0 Å². The van der Waals surface area contributed by atoms with E-state index in [0.717, 1.165) is 0 Å². The Bertz CT molecular complexity index is 720. The molecule has 1 aromatic carbocycles. The van der Waals surface area contributed by atoms with E-state index in [1.165, 1.54) is 13.3 Å². The third-order valence-corrected chi connectivity index (χ3v) is 4.61. The smallest absolute Gasteiger partial charge is 0.243 e. The first kappa shape index (κ1) is 14.8. The SMILES string of the molecule is COCC(C)(C)NS(=O)(=O)c1c[nH]c2cc(N)ccc12. The molecule has 0 spiro atoms. The number of nitrogens with two attached hydrogens (primary N) is 1. The number of fused-ring (bicyclic) bond motifs is 1. The van der Waals surface area contributed by atoms with Crippen molar-refractivity contribution in [3.05, 3.63) is 24.4 Å². The summed E-state index contributed by atoms with van der Waals surface area (Å²) >= 11 is 0. The summed E-state index contributed by atoms with van der Waals surface area (Å²) in [6.07, 6.45) is 1.47. The number of nitrogens with one attached hydrogen (secondary N) is 2. The van der Waals surface area contributed by atoms with Crippen LogP contribution in [0.2, 0.25) is 0 Å². The molecule has 0 unspecified atom stereocenters. The molecule has 2 aromatic rings. The van der Waals surface area contributed by atoms with Gasteiger partial charge in [0.1, 0.15) is 4.90 Å². The van der Waals surface area contributed by atoms with Crippen molar-refractivity contribution in [2.45, 2.75) is 24.3 Å². The summed E-state index contributed by atoms with van der Waals surface area (Å²) in [6, 6.07) is 5.07. The van der Waals surface area contributed by atoms with E-state index in [1.54, 1.807) is 32.0 Å². The van der Waals surface area contributed by atoms with Gasteiger partial charge in [-0.3, -0.25) is 0 Å². The molecule has 1 heterocycles. The molecule has 110 valence electrons. The van der Waals surface area contributed by atoms with Crippen molar-refractivity contribution < 1.29 is 13.2 Å². The number of benzene rings is 1. The summed E-state index contributed by atoms with van der Waals surface area (Å²) < 4.78 is 32.6. The van der Waals surface area contributed by atoms with Gasteiger partial charge < -0.3 is 15.5 Å². The molecule has 4 N–H and O–H groups in total. The summed E-state index contributed by atoms with van der Waals surface area (Å²) in [7, 11) is -2.11. The van der Waals surface area contributed by atoms with Crippen LogP contribution in [0, 0.1) is 0 Å².